The van der Waals surface area contributed by atoms with Crippen molar-refractivity contribution in [2.45, 2.75) is 9.92 Å². The molecule has 2 aromatic rings. The van der Waals surface area contributed by atoms with Crippen LogP contribution in [0.2, 0.25) is 5.02 Å². The number of hydrogen-bond donors (Lipinski definition) is 1. The normalized spacial score (nSPS) is 10.3. The summed E-state index contributed by atoms with van der Waals surface area (Å²) in [6.45, 7) is 0. The van der Waals surface area contributed by atoms with E-state index in [0.717, 1.165) is 9.37 Å². The van der Waals surface area contributed by atoms with Crippen molar-refractivity contribution >= 4 is 45.3 Å². The fourth-order valence-electron chi connectivity index (χ4n) is 1.30. The van der Waals surface area contributed by atoms with Crippen LogP contribution in [-0.4, -0.2) is 16.1 Å². The van der Waals surface area contributed by atoms with Crippen molar-refractivity contribution in [3.63, 3.8) is 0 Å². The zero-order chi connectivity index (χ0) is 13.1. The minimum Gasteiger partial charge on any atom is -0.478 e. The molecule has 0 aliphatic rings. The molecule has 92 valence electrons. The van der Waals surface area contributed by atoms with Crippen LogP contribution in [0.5, 0.6) is 0 Å². The molecule has 1 aromatic heterocycles. The van der Waals surface area contributed by atoms with Crippen molar-refractivity contribution in [2.24, 2.45) is 0 Å². The number of nitrogens with zero attached hydrogens (tertiary/aromatic N) is 1. The van der Waals surface area contributed by atoms with Crippen LogP contribution in [0.1, 0.15) is 10.4 Å². The van der Waals surface area contributed by atoms with Gasteiger partial charge in [0.2, 0.25) is 0 Å². The molecule has 0 atom stereocenters. The van der Waals surface area contributed by atoms with Gasteiger partial charge in [0.15, 0.2) is 0 Å². The maximum absolute atomic E-state index is 11.0. The van der Waals surface area contributed by atoms with Crippen molar-refractivity contribution in [2.75, 3.05) is 0 Å². The highest BCUT2D eigenvalue weighted by Gasteiger charge is 2.14. The fraction of sp³-hybridized carbons (Fsp3) is 0. The molecule has 1 heterocycles. The lowest BCUT2D eigenvalue weighted by Crippen LogP contribution is -1.99. The number of benzene rings is 1. The summed E-state index contributed by atoms with van der Waals surface area (Å²) in [6.07, 6.45) is 1.44. The van der Waals surface area contributed by atoms with Gasteiger partial charge in [-0.15, -0.1) is 0 Å². The van der Waals surface area contributed by atoms with E-state index in [-0.39, 0.29) is 10.6 Å². The standard InChI is InChI=1S/C12H7BrClNO2S/c13-7-2-1-3-8(6-7)18-11-10(14)9(12(16)17)4-5-15-11/h1-6H,(H,16,17). The Morgan fingerprint density at radius 3 is 2.83 bits per heavy atom. The second-order valence-electron chi connectivity index (χ2n) is 3.34. The quantitative estimate of drug-likeness (QED) is 0.899. The molecular formula is C12H7BrClNO2S. The Labute approximate surface area is 121 Å². The summed E-state index contributed by atoms with van der Waals surface area (Å²) >= 11 is 10.7. The summed E-state index contributed by atoms with van der Waals surface area (Å²) in [5.41, 5.74) is 0.0594. The molecule has 2 rings (SSSR count). The van der Waals surface area contributed by atoms with Crippen molar-refractivity contribution in [1.82, 2.24) is 4.98 Å². The van der Waals surface area contributed by atoms with E-state index < -0.39 is 5.97 Å². The van der Waals surface area contributed by atoms with Gasteiger partial charge in [-0.2, -0.15) is 0 Å². The molecule has 0 radical (unpaired) electrons. The lowest BCUT2D eigenvalue weighted by atomic mass is 10.3. The van der Waals surface area contributed by atoms with Crippen LogP contribution in [0.4, 0.5) is 0 Å². The molecule has 6 heteroatoms. The van der Waals surface area contributed by atoms with Gasteiger partial charge in [-0.05, 0) is 24.3 Å². The smallest absolute Gasteiger partial charge is 0.337 e. The van der Waals surface area contributed by atoms with Gasteiger partial charge in [-0.1, -0.05) is 45.4 Å². The van der Waals surface area contributed by atoms with Crippen LogP contribution >= 0.6 is 39.3 Å². The lowest BCUT2D eigenvalue weighted by molar-refractivity contribution is 0.0696. The van der Waals surface area contributed by atoms with Crippen LogP contribution in [0.25, 0.3) is 0 Å². The molecule has 0 amide bonds. The predicted molar refractivity (Wildman–Crippen MR) is 74.5 cm³/mol. The molecular weight excluding hydrogens is 338 g/mol. The van der Waals surface area contributed by atoms with Crippen molar-refractivity contribution in [1.29, 1.82) is 0 Å². The Balaban J connectivity index is 2.35. The van der Waals surface area contributed by atoms with Gasteiger partial charge < -0.3 is 5.11 Å². The maximum Gasteiger partial charge on any atom is 0.337 e. The molecule has 0 saturated carbocycles. The van der Waals surface area contributed by atoms with Crippen molar-refractivity contribution in [3.05, 3.63) is 51.6 Å². The Kier molecular flexibility index (Phi) is 4.27. The van der Waals surface area contributed by atoms with E-state index in [9.17, 15) is 4.79 Å². The molecule has 0 fully saturated rings. The van der Waals surface area contributed by atoms with E-state index in [1.54, 1.807) is 0 Å². The number of pyridine rings is 1. The van der Waals surface area contributed by atoms with Gasteiger partial charge in [0.1, 0.15) is 5.03 Å². The molecule has 0 bridgehead atoms. The SMILES string of the molecule is O=C(O)c1ccnc(Sc2cccc(Br)c2)c1Cl. The Hall–Kier alpha value is -1.04. The average Bonchev–Trinajstić information content (AvgIpc) is 2.31. The largest absolute Gasteiger partial charge is 0.478 e. The van der Waals surface area contributed by atoms with Crippen LogP contribution in [-0.2, 0) is 0 Å². The van der Waals surface area contributed by atoms with E-state index in [2.05, 4.69) is 20.9 Å². The number of carboxylic acid groups (broad SMARTS) is 1. The van der Waals surface area contributed by atoms with E-state index in [1.165, 1.54) is 24.0 Å². The first kappa shape index (κ1) is 13.4. The lowest BCUT2D eigenvalue weighted by Gasteiger charge is -2.05. The van der Waals surface area contributed by atoms with Gasteiger partial charge in [-0.3, -0.25) is 0 Å². The highest BCUT2D eigenvalue weighted by Crippen LogP contribution is 2.34. The third-order valence-electron chi connectivity index (χ3n) is 2.10. The van der Waals surface area contributed by atoms with Gasteiger partial charge in [0, 0.05) is 15.6 Å². The number of carbonyl (C=O) groups is 1. The average molecular weight is 345 g/mol. The highest BCUT2D eigenvalue weighted by atomic mass is 79.9. The molecule has 3 nitrogen and oxygen atoms in total. The summed E-state index contributed by atoms with van der Waals surface area (Å²) in [4.78, 5) is 16.0. The van der Waals surface area contributed by atoms with Gasteiger partial charge in [-0.25, -0.2) is 9.78 Å². The molecule has 0 spiro atoms. The number of halogens is 2. The Morgan fingerprint density at radius 1 is 1.39 bits per heavy atom. The maximum atomic E-state index is 11.0. The third-order valence-corrected chi connectivity index (χ3v) is 4.08. The van der Waals surface area contributed by atoms with E-state index in [1.807, 2.05) is 24.3 Å². The summed E-state index contributed by atoms with van der Waals surface area (Å²) in [5.74, 6) is -1.06. The summed E-state index contributed by atoms with van der Waals surface area (Å²) < 4.78 is 0.943. The third kappa shape index (κ3) is 3.04. The number of rotatable bonds is 3. The zero-order valence-electron chi connectivity index (χ0n) is 8.93. The molecule has 0 aliphatic carbocycles. The Morgan fingerprint density at radius 2 is 2.17 bits per heavy atom. The number of aromatic nitrogens is 1. The van der Waals surface area contributed by atoms with Crippen LogP contribution < -0.4 is 0 Å². The summed E-state index contributed by atoms with van der Waals surface area (Å²) in [6, 6.07) is 9.00. The first-order valence-corrected chi connectivity index (χ1v) is 6.88. The summed E-state index contributed by atoms with van der Waals surface area (Å²) in [5, 5.41) is 9.61. The van der Waals surface area contributed by atoms with Crippen LogP contribution in [0.3, 0.4) is 0 Å². The molecule has 0 saturated heterocycles. The second-order valence-corrected chi connectivity index (χ2v) is 5.70. The van der Waals surface area contributed by atoms with E-state index in [0.29, 0.717) is 5.03 Å². The first-order valence-electron chi connectivity index (χ1n) is 4.89. The van der Waals surface area contributed by atoms with Gasteiger partial charge >= 0.3 is 5.97 Å². The molecule has 18 heavy (non-hydrogen) atoms. The molecule has 1 N–H and O–H groups in total. The van der Waals surface area contributed by atoms with Gasteiger partial charge in [0.25, 0.3) is 0 Å². The highest BCUT2D eigenvalue weighted by molar-refractivity contribution is 9.10. The topological polar surface area (TPSA) is 50.2 Å². The van der Waals surface area contributed by atoms with Crippen molar-refractivity contribution in [3.8, 4) is 0 Å². The number of hydrogen-bond acceptors (Lipinski definition) is 3. The molecule has 0 unspecified atom stereocenters. The zero-order valence-corrected chi connectivity index (χ0v) is 12.1. The first-order chi connectivity index (χ1) is 8.58. The van der Waals surface area contributed by atoms with Crippen molar-refractivity contribution < 1.29 is 9.90 Å². The van der Waals surface area contributed by atoms with Crippen LogP contribution in [0.15, 0.2) is 50.9 Å². The second kappa shape index (κ2) is 5.73. The summed E-state index contributed by atoms with van der Waals surface area (Å²) in [7, 11) is 0. The molecule has 1 aromatic carbocycles. The number of carboxylic acids is 1. The predicted octanol–water partition coefficient (Wildman–Crippen LogP) is 4.35. The van der Waals surface area contributed by atoms with Gasteiger partial charge in [0.05, 0.1) is 10.6 Å². The molecule has 0 aliphatic heterocycles. The minimum atomic E-state index is -1.06. The monoisotopic (exact) mass is 343 g/mol. The minimum absolute atomic E-state index is 0.0594. The van der Waals surface area contributed by atoms with E-state index >= 15 is 0 Å². The Bertz CT molecular complexity index is 606. The van der Waals surface area contributed by atoms with Crippen LogP contribution in [0, 0.1) is 0 Å². The van der Waals surface area contributed by atoms with E-state index in [4.69, 9.17) is 16.7 Å². The number of aromatic carboxylic acids is 1. The fourth-order valence-corrected chi connectivity index (χ4v) is 3.03.